The van der Waals surface area contributed by atoms with Gasteiger partial charge in [0.1, 0.15) is 0 Å². The molecule has 0 radical (unpaired) electrons. The topological polar surface area (TPSA) is 36.9 Å². The number of rotatable bonds is 14. The molecule has 2 unspecified atom stereocenters. The second-order valence-corrected chi connectivity index (χ2v) is 9.83. The third-order valence-corrected chi connectivity index (χ3v) is 7.51. The summed E-state index contributed by atoms with van der Waals surface area (Å²) >= 11 is 0. The minimum Gasteiger partial charge on any atom is -0.394 e. The van der Waals surface area contributed by atoms with Gasteiger partial charge in [-0.2, -0.15) is 0 Å². The van der Waals surface area contributed by atoms with E-state index in [9.17, 15) is 0 Å². The molecule has 5 heteroatoms. The van der Waals surface area contributed by atoms with E-state index in [1.54, 1.807) is 14.2 Å². The van der Waals surface area contributed by atoms with Crippen molar-refractivity contribution in [3.05, 3.63) is 0 Å². The largest absolute Gasteiger partial charge is 0.394 e. The molecular formula is C16H36O4Si. The van der Waals surface area contributed by atoms with E-state index in [0.29, 0.717) is 11.8 Å². The third-order valence-electron chi connectivity index (χ3n) is 3.97. The Balaban J connectivity index is 4.21. The lowest BCUT2D eigenvalue weighted by Crippen LogP contribution is -2.43. The van der Waals surface area contributed by atoms with Gasteiger partial charge in [-0.05, 0) is 36.8 Å². The van der Waals surface area contributed by atoms with Crippen molar-refractivity contribution in [1.29, 1.82) is 0 Å². The molecular weight excluding hydrogens is 284 g/mol. The highest BCUT2D eigenvalue weighted by Gasteiger charge is 2.34. The van der Waals surface area contributed by atoms with E-state index < -0.39 is 8.56 Å². The summed E-state index contributed by atoms with van der Waals surface area (Å²) in [5.74, 6) is 1.04. The predicted molar refractivity (Wildman–Crippen MR) is 89.9 cm³/mol. The van der Waals surface area contributed by atoms with Gasteiger partial charge in [-0.1, -0.05) is 27.7 Å². The van der Waals surface area contributed by atoms with Crippen LogP contribution in [0.15, 0.2) is 0 Å². The minimum atomic E-state index is -2.03. The molecule has 0 aromatic carbocycles. The quantitative estimate of drug-likeness (QED) is 0.456. The van der Waals surface area contributed by atoms with Gasteiger partial charge in [0.2, 0.25) is 0 Å². The third kappa shape index (κ3) is 9.63. The highest BCUT2D eigenvalue weighted by Crippen LogP contribution is 2.22. The van der Waals surface area contributed by atoms with Gasteiger partial charge >= 0.3 is 8.56 Å². The van der Waals surface area contributed by atoms with Gasteiger partial charge in [0.05, 0.1) is 0 Å². The Hall–Kier alpha value is 0.0569. The van der Waals surface area contributed by atoms with Crippen molar-refractivity contribution in [3.63, 3.8) is 0 Å². The Morgan fingerprint density at radius 1 is 0.762 bits per heavy atom. The molecule has 0 saturated carbocycles. The predicted octanol–water partition coefficient (Wildman–Crippen LogP) is 3.85. The molecule has 0 bridgehead atoms. The summed E-state index contributed by atoms with van der Waals surface area (Å²) in [6, 6.07) is 2.02. The Morgan fingerprint density at radius 3 is 1.43 bits per heavy atom. The van der Waals surface area contributed by atoms with Crippen LogP contribution in [0.5, 0.6) is 0 Å². The summed E-state index contributed by atoms with van der Waals surface area (Å²) in [6.07, 6.45) is 2.08. The molecule has 0 spiro atoms. The molecule has 21 heavy (non-hydrogen) atoms. The first kappa shape index (κ1) is 21.1. The van der Waals surface area contributed by atoms with E-state index in [-0.39, 0.29) is 0 Å². The average molecular weight is 321 g/mol. The van der Waals surface area contributed by atoms with Gasteiger partial charge in [0.15, 0.2) is 0 Å². The van der Waals surface area contributed by atoms with Crippen LogP contribution in [-0.2, 0) is 18.3 Å². The summed E-state index contributed by atoms with van der Waals surface area (Å²) in [5, 5.41) is 0. The fourth-order valence-corrected chi connectivity index (χ4v) is 4.67. The van der Waals surface area contributed by atoms with Crippen molar-refractivity contribution < 1.29 is 18.3 Å². The molecule has 0 fully saturated rings. The maximum Gasteiger partial charge on any atom is 0.337 e. The zero-order chi connectivity index (χ0) is 16.1. The Bertz CT molecular complexity index is 214. The van der Waals surface area contributed by atoms with Crippen LogP contribution in [0.25, 0.3) is 0 Å². The number of ether oxygens (including phenoxy) is 2. The molecule has 0 saturated heterocycles. The van der Waals surface area contributed by atoms with Crippen molar-refractivity contribution in [2.45, 2.75) is 52.6 Å². The van der Waals surface area contributed by atoms with E-state index in [2.05, 4.69) is 27.7 Å². The van der Waals surface area contributed by atoms with Crippen LogP contribution in [0.1, 0.15) is 40.5 Å². The summed E-state index contributed by atoms with van der Waals surface area (Å²) in [6.45, 7) is 12.0. The Labute approximate surface area is 132 Å². The Kier molecular flexibility index (Phi) is 12.6. The number of methoxy groups -OCH3 is 2. The van der Waals surface area contributed by atoms with E-state index in [0.717, 1.165) is 51.4 Å². The smallest absolute Gasteiger partial charge is 0.337 e. The molecule has 0 aliphatic rings. The normalized spacial score (nSPS) is 15.1. The molecule has 0 rings (SSSR count). The summed E-state index contributed by atoms with van der Waals surface area (Å²) < 4.78 is 22.8. The van der Waals surface area contributed by atoms with E-state index >= 15 is 0 Å². The zero-order valence-electron chi connectivity index (χ0n) is 14.9. The molecule has 0 aromatic rings. The summed E-state index contributed by atoms with van der Waals surface area (Å²) in [7, 11) is 1.46. The molecule has 0 amide bonds. The lowest BCUT2D eigenvalue weighted by molar-refractivity contribution is 0.107. The molecule has 0 aromatic heterocycles. The van der Waals surface area contributed by atoms with Crippen LogP contribution in [0.2, 0.25) is 12.1 Å². The first-order chi connectivity index (χ1) is 10.0. The lowest BCUT2D eigenvalue weighted by Gasteiger charge is -2.31. The van der Waals surface area contributed by atoms with Gasteiger partial charge in [-0.25, -0.2) is 0 Å². The summed E-state index contributed by atoms with van der Waals surface area (Å²) in [4.78, 5) is 0. The molecule has 0 heterocycles. The molecule has 0 aliphatic carbocycles. The second kappa shape index (κ2) is 12.6. The van der Waals surface area contributed by atoms with Gasteiger partial charge < -0.3 is 18.3 Å². The standard InChI is InChI=1S/C16H36O4Si/c1-7-21(8-2,19-13-15(3)9-11-17-5)20-14-16(4)10-12-18-6/h15-16H,7-14H2,1-6H3. The van der Waals surface area contributed by atoms with Gasteiger partial charge in [-0.3, -0.25) is 0 Å². The van der Waals surface area contributed by atoms with Crippen LogP contribution >= 0.6 is 0 Å². The molecule has 0 N–H and O–H groups in total. The monoisotopic (exact) mass is 320 g/mol. The first-order valence-corrected chi connectivity index (χ1v) is 10.5. The minimum absolute atomic E-state index is 0.518. The molecule has 128 valence electrons. The average Bonchev–Trinajstić information content (AvgIpc) is 2.51. The van der Waals surface area contributed by atoms with Crippen LogP contribution in [-0.4, -0.2) is 49.2 Å². The van der Waals surface area contributed by atoms with Crippen molar-refractivity contribution in [1.82, 2.24) is 0 Å². The van der Waals surface area contributed by atoms with Crippen molar-refractivity contribution in [2.24, 2.45) is 11.8 Å². The van der Waals surface area contributed by atoms with Crippen molar-refractivity contribution in [2.75, 3.05) is 40.6 Å². The van der Waals surface area contributed by atoms with Crippen molar-refractivity contribution in [3.8, 4) is 0 Å². The van der Waals surface area contributed by atoms with Crippen LogP contribution < -0.4 is 0 Å². The SMILES string of the molecule is CC[Si](CC)(OCC(C)CCOC)OCC(C)CCOC. The highest BCUT2D eigenvalue weighted by molar-refractivity contribution is 6.67. The fourth-order valence-electron chi connectivity index (χ4n) is 2.09. The molecule has 4 nitrogen and oxygen atoms in total. The van der Waals surface area contributed by atoms with E-state index in [1.807, 2.05) is 0 Å². The van der Waals surface area contributed by atoms with Gasteiger partial charge in [-0.15, -0.1) is 0 Å². The first-order valence-electron chi connectivity index (χ1n) is 8.29. The summed E-state index contributed by atoms with van der Waals surface area (Å²) in [5.41, 5.74) is 0. The highest BCUT2D eigenvalue weighted by atomic mass is 28.4. The van der Waals surface area contributed by atoms with Crippen molar-refractivity contribution >= 4 is 8.56 Å². The van der Waals surface area contributed by atoms with Crippen LogP contribution in [0.3, 0.4) is 0 Å². The maximum atomic E-state index is 6.27. The zero-order valence-corrected chi connectivity index (χ0v) is 15.9. The van der Waals surface area contributed by atoms with Crippen LogP contribution in [0, 0.1) is 11.8 Å². The number of hydrogen-bond donors (Lipinski definition) is 0. The molecule has 0 aliphatic heterocycles. The lowest BCUT2D eigenvalue weighted by atomic mass is 10.1. The Morgan fingerprint density at radius 2 is 1.14 bits per heavy atom. The van der Waals surface area contributed by atoms with Crippen LogP contribution in [0.4, 0.5) is 0 Å². The fraction of sp³-hybridized carbons (Fsp3) is 1.00. The van der Waals surface area contributed by atoms with E-state index in [1.165, 1.54) is 0 Å². The molecule has 2 atom stereocenters. The van der Waals surface area contributed by atoms with Gasteiger partial charge in [0.25, 0.3) is 0 Å². The van der Waals surface area contributed by atoms with Gasteiger partial charge in [0, 0.05) is 40.6 Å². The maximum absolute atomic E-state index is 6.27. The number of hydrogen-bond acceptors (Lipinski definition) is 4. The second-order valence-electron chi connectivity index (χ2n) is 6.01. The van der Waals surface area contributed by atoms with E-state index in [4.69, 9.17) is 18.3 Å².